The summed E-state index contributed by atoms with van der Waals surface area (Å²) in [4.78, 5) is 23.9. The van der Waals surface area contributed by atoms with Crippen molar-refractivity contribution in [3.05, 3.63) is 46.8 Å². The number of aromatic amines is 1. The minimum absolute atomic E-state index is 0.0234. The third-order valence-corrected chi connectivity index (χ3v) is 4.26. The Morgan fingerprint density at radius 2 is 2.18 bits per heavy atom. The van der Waals surface area contributed by atoms with Crippen LogP contribution in [0, 0.1) is 12.8 Å². The van der Waals surface area contributed by atoms with Gasteiger partial charge in [-0.05, 0) is 56.0 Å². The largest absolute Gasteiger partial charge is 0.326 e. The Labute approximate surface area is 129 Å². The van der Waals surface area contributed by atoms with E-state index in [0.717, 1.165) is 29.8 Å². The zero-order valence-corrected chi connectivity index (χ0v) is 12.8. The Hall–Kier alpha value is -2.43. The minimum Gasteiger partial charge on any atom is -0.326 e. The summed E-state index contributed by atoms with van der Waals surface area (Å²) in [7, 11) is 0. The molecule has 2 aromatic rings. The molecule has 114 valence electrons. The van der Waals surface area contributed by atoms with Crippen molar-refractivity contribution in [3.63, 3.8) is 0 Å². The quantitative estimate of drug-likeness (QED) is 0.855. The molecule has 0 fully saturated rings. The summed E-state index contributed by atoms with van der Waals surface area (Å²) in [5.41, 5.74) is 4.59. The van der Waals surface area contributed by atoms with E-state index in [4.69, 9.17) is 0 Å². The van der Waals surface area contributed by atoms with Crippen LogP contribution in [0.25, 0.3) is 0 Å². The van der Waals surface area contributed by atoms with Crippen LogP contribution in [-0.4, -0.2) is 21.9 Å². The van der Waals surface area contributed by atoms with Gasteiger partial charge in [-0.15, -0.1) is 0 Å². The fourth-order valence-electron chi connectivity index (χ4n) is 3.01. The summed E-state index contributed by atoms with van der Waals surface area (Å²) >= 11 is 0. The lowest BCUT2D eigenvalue weighted by molar-refractivity contribution is -0.120. The standard InChI is InChI=1S/C17H19N3O2/c1-10-7-14(5-6-15(10)11(2)21)19-17(22)12-3-4-13-9-18-20-16(13)8-12/h5-7,9,12H,3-4,8H2,1-2H3,(H,18,20)(H,19,22)/t12-/m0/s1. The minimum atomic E-state index is -0.0410. The number of nitrogens with one attached hydrogen (secondary N) is 2. The molecule has 0 aliphatic heterocycles. The number of amides is 1. The number of carbonyl (C=O) groups is 2. The maximum atomic E-state index is 12.4. The van der Waals surface area contributed by atoms with Gasteiger partial charge in [-0.25, -0.2) is 0 Å². The van der Waals surface area contributed by atoms with Crippen LogP contribution in [0.2, 0.25) is 0 Å². The number of aromatic nitrogens is 2. The van der Waals surface area contributed by atoms with E-state index in [1.807, 2.05) is 19.2 Å². The maximum absolute atomic E-state index is 12.4. The monoisotopic (exact) mass is 297 g/mol. The first-order valence-electron chi connectivity index (χ1n) is 7.48. The lowest BCUT2D eigenvalue weighted by atomic mass is 9.87. The Morgan fingerprint density at radius 3 is 2.91 bits per heavy atom. The van der Waals surface area contributed by atoms with E-state index in [2.05, 4.69) is 15.5 Å². The normalized spacial score (nSPS) is 16.9. The number of H-pyrrole nitrogens is 1. The highest BCUT2D eigenvalue weighted by Gasteiger charge is 2.26. The molecule has 1 aromatic heterocycles. The van der Waals surface area contributed by atoms with Crippen LogP contribution >= 0.6 is 0 Å². The molecule has 0 unspecified atom stereocenters. The van der Waals surface area contributed by atoms with Gasteiger partial charge in [0, 0.05) is 29.3 Å². The molecule has 3 rings (SSSR count). The van der Waals surface area contributed by atoms with E-state index in [9.17, 15) is 9.59 Å². The van der Waals surface area contributed by atoms with Gasteiger partial charge in [0.25, 0.3) is 0 Å². The molecule has 5 nitrogen and oxygen atoms in total. The van der Waals surface area contributed by atoms with Crippen molar-refractivity contribution >= 4 is 17.4 Å². The van der Waals surface area contributed by atoms with Crippen LogP contribution in [-0.2, 0) is 17.6 Å². The van der Waals surface area contributed by atoms with Gasteiger partial charge in [-0.2, -0.15) is 5.10 Å². The summed E-state index contributed by atoms with van der Waals surface area (Å²) in [6.07, 6.45) is 4.26. The summed E-state index contributed by atoms with van der Waals surface area (Å²) in [5, 5.41) is 9.96. The molecule has 2 N–H and O–H groups in total. The predicted octanol–water partition coefficient (Wildman–Crippen LogP) is 2.66. The first-order chi connectivity index (χ1) is 10.5. The van der Waals surface area contributed by atoms with Gasteiger partial charge < -0.3 is 5.32 Å². The van der Waals surface area contributed by atoms with Crippen molar-refractivity contribution in [2.45, 2.75) is 33.1 Å². The molecule has 1 amide bonds. The average Bonchev–Trinajstić information content (AvgIpc) is 2.94. The number of Topliss-reactive ketones (excluding diaryl/α,β-unsaturated/α-hetero) is 1. The Balaban J connectivity index is 1.70. The van der Waals surface area contributed by atoms with Crippen molar-refractivity contribution < 1.29 is 9.59 Å². The number of benzene rings is 1. The summed E-state index contributed by atoms with van der Waals surface area (Å²) in [5.74, 6) is 0.0189. The van der Waals surface area contributed by atoms with E-state index in [0.29, 0.717) is 12.0 Å². The number of fused-ring (bicyclic) bond motifs is 1. The first kappa shape index (κ1) is 14.5. The van der Waals surface area contributed by atoms with Crippen LogP contribution < -0.4 is 5.32 Å². The van der Waals surface area contributed by atoms with Crippen molar-refractivity contribution in [2.75, 3.05) is 5.32 Å². The van der Waals surface area contributed by atoms with Gasteiger partial charge in [-0.3, -0.25) is 14.7 Å². The molecular formula is C17H19N3O2. The Morgan fingerprint density at radius 1 is 1.36 bits per heavy atom. The molecule has 0 radical (unpaired) electrons. The number of aryl methyl sites for hydroxylation is 2. The topological polar surface area (TPSA) is 74.8 Å². The highest BCUT2D eigenvalue weighted by Crippen LogP contribution is 2.25. The van der Waals surface area contributed by atoms with E-state index in [1.54, 1.807) is 19.1 Å². The van der Waals surface area contributed by atoms with Crippen LogP contribution in [0.1, 0.15) is 40.5 Å². The van der Waals surface area contributed by atoms with Crippen LogP contribution in [0.3, 0.4) is 0 Å². The van der Waals surface area contributed by atoms with Gasteiger partial charge in [0.2, 0.25) is 5.91 Å². The van der Waals surface area contributed by atoms with Crippen LogP contribution in [0.5, 0.6) is 0 Å². The molecule has 1 atom stereocenters. The number of anilines is 1. The third kappa shape index (κ3) is 2.79. The molecule has 1 heterocycles. The highest BCUT2D eigenvalue weighted by atomic mass is 16.2. The first-order valence-corrected chi connectivity index (χ1v) is 7.48. The smallest absolute Gasteiger partial charge is 0.227 e. The fraction of sp³-hybridized carbons (Fsp3) is 0.353. The highest BCUT2D eigenvalue weighted by molar-refractivity contribution is 5.97. The zero-order chi connectivity index (χ0) is 15.7. The molecule has 1 aliphatic rings. The molecule has 0 spiro atoms. The van der Waals surface area contributed by atoms with E-state index in [-0.39, 0.29) is 17.6 Å². The Bertz CT molecular complexity index is 733. The van der Waals surface area contributed by atoms with E-state index >= 15 is 0 Å². The number of hydrogen-bond acceptors (Lipinski definition) is 3. The molecule has 1 aromatic carbocycles. The molecular weight excluding hydrogens is 278 g/mol. The van der Waals surface area contributed by atoms with Gasteiger partial charge in [0.1, 0.15) is 0 Å². The van der Waals surface area contributed by atoms with E-state index in [1.165, 1.54) is 5.56 Å². The SMILES string of the molecule is CC(=O)c1ccc(NC(=O)[C@H]2CCc3cn[nH]c3C2)cc1C. The molecule has 0 saturated heterocycles. The molecule has 1 aliphatic carbocycles. The lowest BCUT2D eigenvalue weighted by Crippen LogP contribution is -2.28. The van der Waals surface area contributed by atoms with Crippen molar-refractivity contribution in [2.24, 2.45) is 5.92 Å². The third-order valence-electron chi connectivity index (χ3n) is 4.26. The number of nitrogens with zero attached hydrogens (tertiary/aromatic N) is 1. The maximum Gasteiger partial charge on any atom is 0.227 e. The van der Waals surface area contributed by atoms with Gasteiger partial charge >= 0.3 is 0 Å². The number of ketones is 1. The second-order valence-corrected chi connectivity index (χ2v) is 5.89. The molecule has 0 bridgehead atoms. The second kappa shape index (κ2) is 5.75. The van der Waals surface area contributed by atoms with Crippen molar-refractivity contribution in [1.82, 2.24) is 10.2 Å². The average molecular weight is 297 g/mol. The predicted molar refractivity (Wildman–Crippen MR) is 83.9 cm³/mol. The van der Waals surface area contributed by atoms with Gasteiger partial charge in [0.05, 0.1) is 6.20 Å². The van der Waals surface area contributed by atoms with Gasteiger partial charge in [-0.1, -0.05) is 0 Å². The number of hydrogen-bond donors (Lipinski definition) is 2. The summed E-state index contributed by atoms with van der Waals surface area (Å²) < 4.78 is 0. The number of carbonyl (C=O) groups excluding carboxylic acids is 2. The second-order valence-electron chi connectivity index (χ2n) is 5.89. The van der Waals surface area contributed by atoms with Crippen molar-refractivity contribution in [3.8, 4) is 0 Å². The molecule has 0 saturated carbocycles. The van der Waals surface area contributed by atoms with E-state index < -0.39 is 0 Å². The number of rotatable bonds is 3. The zero-order valence-electron chi connectivity index (χ0n) is 12.8. The Kier molecular flexibility index (Phi) is 3.79. The fourth-order valence-corrected chi connectivity index (χ4v) is 3.01. The molecule has 22 heavy (non-hydrogen) atoms. The van der Waals surface area contributed by atoms with Crippen molar-refractivity contribution in [1.29, 1.82) is 0 Å². The van der Waals surface area contributed by atoms with Crippen LogP contribution in [0.15, 0.2) is 24.4 Å². The summed E-state index contributed by atoms with van der Waals surface area (Å²) in [6, 6.07) is 5.40. The lowest BCUT2D eigenvalue weighted by Gasteiger charge is -2.21. The van der Waals surface area contributed by atoms with Gasteiger partial charge in [0.15, 0.2) is 5.78 Å². The summed E-state index contributed by atoms with van der Waals surface area (Å²) in [6.45, 7) is 3.43. The molecule has 5 heteroatoms. The van der Waals surface area contributed by atoms with Crippen LogP contribution in [0.4, 0.5) is 5.69 Å².